The maximum Gasteiger partial charge on any atom is 0.255 e. The number of morpholine rings is 1. The van der Waals surface area contributed by atoms with Crippen LogP contribution in [0, 0.1) is 0 Å². The molecule has 0 spiro atoms. The molecule has 8 heteroatoms. The van der Waals surface area contributed by atoms with Gasteiger partial charge in [0.25, 0.3) is 5.91 Å². The minimum Gasteiger partial charge on any atom is -0.355 e. The summed E-state index contributed by atoms with van der Waals surface area (Å²) >= 11 is 12.5. The summed E-state index contributed by atoms with van der Waals surface area (Å²) in [5.74, 6) is -0.425. The molecular weight excluding hydrogens is 517 g/mol. The average Bonchev–Trinajstić information content (AvgIpc) is 2.79. The minimum atomic E-state index is -3.53. The van der Waals surface area contributed by atoms with Crippen LogP contribution in [-0.2, 0) is 19.4 Å². The maximum absolute atomic E-state index is 14.2. The number of carbonyl (C=O) groups is 1. The predicted octanol–water partition coefficient (Wildman–Crippen LogP) is 6.96. The molecule has 1 fully saturated rings. The highest BCUT2D eigenvalue weighted by Crippen LogP contribution is 2.48. The van der Waals surface area contributed by atoms with Crippen LogP contribution in [0.1, 0.15) is 70.7 Å². The zero-order valence-electron chi connectivity index (χ0n) is 21.5. The molecule has 0 saturated carbocycles. The van der Waals surface area contributed by atoms with Gasteiger partial charge in [0.15, 0.2) is 9.84 Å². The molecule has 3 rings (SSSR count). The topological polar surface area (TPSA) is 63.7 Å². The van der Waals surface area contributed by atoms with Crippen molar-refractivity contribution in [3.63, 3.8) is 0 Å². The van der Waals surface area contributed by atoms with E-state index in [0.29, 0.717) is 16.5 Å². The average molecular weight is 553 g/mol. The van der Waals surface area contributed by atoms with Crippen molar-refractivity contribution < 1.29 is 17.9 Å². The van der Waals surface area contributed by atoms with Crippen LogP contribution in [0.5, 0.6) is 0 Å². The van der Waals surface area contributed by atoms with Crippen LogP contribution < -0.4 is 0 Å². The minimum absolute atomic E-state index is 0.157. The Balaban J connectivity index is 2.26. The standard InChI is InChI=1S/C28H35Cl2NO4S/c1-7-16-28(6)26(32)31(23(8-2)18-36(33,34)27(3,4)5)24(19-12-14-21(29)15-13-19)25(35-28)20-10-9-11-22(30)17-20/h7,9-15,17,23-25H,1,8,16,18H2,2-6H3/t23?,24-,25-,28-/m1/s1. The van der Waals surface area contributed by atoms with E-state index in [1.165, 1.54) is 0 Å². The first kappa shape index (κ1) is 28.7. The van der Waals surface area contributed by atoms with Gasteiger partial charge in [0, 0.05) is 22.5 Å². The van der Waals surface area contributed by atoms with E-state index >= 15 is 0 Å². The van der Waals surface area contributed by atoms with Gasteiger partial charge in [-0.3, -0.25) is 4.79 Å². The second-order valence-electron chi connectivity index (χ2n) is 10.5. The lowest BCUT2D eigenvalue weighted by Crippen LogP contribution is -2.61. The van der Waals surface area contributed by atoms with E-state index < -0.39 is 38.4 Å². The fourth-order valence-corrected chi connectivity index (χ4v) is 6.30. The summed E-state index contributed by atoms with van der Waals surface area (Å²) in [6, 6.07) is 13.4. The molecule has 2 aromatic rings. The van der Waals surface area contributed by atoms with Crippen molar-refractivity contribution in [3.8, 4) is 0 Å². The Labute approximate surface area is 225 Å². The van der Waals surface area contributed by atoms with Crippen LogP contribution in [0.15, 0.2) is 61.2 Å². The zero-order valence-corrected chi connectivity index (χ0v) is 23.8. The summed E-state index contributed by atoms with van der Waals surface area (Å²) in [5, 5.41) is 1.11. The number of hydrogen-bond acceptors (Lipinski definition) is 4. The highest BCUT2D eigenvalue weighted by molar-refractivity contribution is 7.92. The number of nitrogens with zero attached hydrogens (tertiary/aromatic N) is 1. The highest BCUT2D eigenvalue weighted by atomic mass is 35.5. The van der Waals surface area contributed by atoms with Gasteiger partial charge in [0.2, 0.25) is 0 Å². The third kappa shape index (κ3) is 5.83. The zero-order chi connectivity index (χ0) is 26.9. The van der Waals surface area contributed by atoms with Crippen molar-refractivity contribution in [2.45, 2.75) is 76.0 Å². The third-order valence-corrected chi connectivity index (χ3v) is 9.97. The second kappa shape index (κ2) is 10.9. The number of halogens is 2. The van der Waals surface area contributed by atoms with Crippen LogP contribution >= 0.6 is 23.2 Å². The summed E-state index contributed by atoms with van der Waals surface area (Å²) < 4.78 is 32.3. The fraction of sp³-hybridized carbons (Fsp3) is 0.464. The molecule has 1 saturated heterocycles. The van der Waals surface area contributed by atoms with Crippen molar-refractivity contribution in [3.05, 3.63) is 82.4 Å². The molecule has 196 valence electrons. The first-order valence-electron chi connectivity index (χ1n) is 12.1. The van der Waals surface area contributed by atoms with Gasteiger partial charge < -0.3 is 9.64 Å². The summed E-state index contributed by atoms with van der Waals surface area (Å²) in [5.41, 5.74) is 0.366. The molecule has 36 heavy (non-hydrogen) atoms. The molecule has 0 aromatic heterocycles. The number of benzene rings is 2. The van der Waals surface area contributed by atoms with Gasteiger partial charge in [-0.15, -0.1) is 6.58 Å². The van der Waals surface area contributed by atoms with E-state index in [1.807, 2.05) is 37.3 Å². The Hall–Kier alpha value is -1.86. The lowest BCUT2D eigenvalue weighted by Gasteiger charge is -2.52. The molecule has 0 N–H and O–H groups in total. The molecule has 5 nitrogen and oxygen atoms in total. The van der Waals surface area contributed by atoms with Crippen molar-refractivity contribution in [1.82, 2.24) is 4.90 Å². The van der Waals surface area contributed by atoms with Crippen LogP contribution in [0.3, 0.4) is 0 Å². The van der Waals surface area contributed by atoms with Gasteiger partial charge >= 0.3 is 0 Å². The highest BCUT2D eigenvalue weighted by Gasteiger charge is 2.52. The molecular formula is C28H35Cl2NO4S. The number of sulfone groups is 1. The Kier molecular flexibility index (Phi) is 8.66. The third-order valence-electron chi connectivity index (χ3n) is 6.79. The first-order valence-corrected chi connectivity index (χ1v) is 14.5. The molecule has 1 aliphatic heterocycles. The van der Waals surface area contributed by atoms with Crippen molar-refractivity contribution in [1.29, 1.82) is 0 Å². The molecule has 0 bridgehead atoms. The van der Waals surface area contributed by atoms with E-state index in [0.717, 1.165) is 11.1 Å². The lowest BCUT2D eigenvalue weighted by molar-refractivity contribution is -0.201. The van der Waals surface area contributed by atoms with E-state index in [2.05, 4.69) is 6.58 Å². The maximum atomic E-state index is 14.2. The number of rotatable bonds is 8. The first-order chi connectivity index (χ1) is 16.7. The quantitative estimate of drug-likeness (QED) is 0.332. The Bertz CT molecular complexity index is 1210. The number of carbonyl (C=O) groups excluding carboxylic acids is 1. The smallest absolute Gasteiger partial charge is 0.255 e. The molecule has 1 unspecified atom stereocenters. The Morgan fingerprint density at radius 3 is 2.28 bits per heavy atom. The predicted molar refractivity (Wildman–Crippen MR) is 147 cm³/mol. The monoisotopic (exact) mass is 551 g/mol. The summed E-state index contributed by atoms with van der Waals surface area (Å²) in [7, 11) is -3.53. The van der Waals surface area contributed by atoms with Gasteiger partial charge in [-0.25, -0.2) is 8.42 Å². The van der Waals surface area contributed by atoms with Crippen molar-refractivity contribution in [2.24, 2.45) is 0 Å². The summed E-state index contributed by atoms with van der Waals surface area (Å²) in [4.78, 5) is 15.9. The van der Waals surface area contributed by atoms with Crippen molar-refractivity contribution in [2.75, 3.05) is 5.75 Å². The van der Waals surface area contributed by atoms with Crippen LogP contribution in [0.2, 0.25) is 10.0 Å². The molecule has 1 heterocycles. The number of ether oxygens (including phenoxy) is 1. The van der Waals surface area contributed by atoms with Gasteiger partial charge in [-0.1, -0.05) is 60.5 Å². The second-order valence-corrected chi connectivity index (χ2v) is 14.1. The number of hydrogen-bond donors (Lipinski definition) is 0. The lowest BCUT2D eigenvalue weighted by atomic mass is 9.86. The SMILES string of the molecule is C=CC[C@@]1(C)O[C@H](c2cccc(Cl)c2)[C@@H](c2ccc(Cl)cc2)N(C(CC)CS(=O)(=O)C(C)(C)C)C1=O. The normalized spacial score (nSPS) is 24.0. The Morgan fingerprint density at radius 2 is 1.75 bits per heavy atom. The Morgan fingerprint density at radius 1 is 1.11 bits per heavy atom. The van der Waals surface area contributed by atoms with Gasteiger partial charge in [0.05, 0.1) is 16.5 Å². The summed E-state index contributed by atoms with van der Waals surface area (Å²) in [6.45, 7) is 12.5. The largest absolute Gasteiger partial charge is 0.355 e. The molecule has 1 aliphatic rings. The van der Waals surface area contributed by atoms with Gasteiger partial charge in [-0.2, -0.15) is 0 Å². The summed E-state index contributed by atoms with van der Waals surface area (Å²) in [6.07, 6.45) is 1.78. The van der Waals surface area contributed by atoms with E-state index in [9.17, 15) is 13.2 Å². The number of amides is 1. The molecule has 0 aliphatic carbocycles. The van der Waals surface area contributed by atoms with E-state index in [1.54, 1.807) is 56.9 Å². The molecule has 0 radical (unpaired) electrons. The van der Waals surface area contributed by atoms with Crippen LogP contribution in [0.25, 0.3) is 0 Å². The molecule has 4 atom stereocenters. The van der Waals surface area contributed by atoms with Gasteiger partial charge in [-0.05, 0) is 69.5 Å². The molecule has 1 amide bonds. The van der Waals surface area contributed by atoms with Crippen LogP contribution in [0.4, 0.5) is 0 Å². The van der Waals surface area contributed by atoms with E-state index in [4.69, 9.17) is 27.9 Å². The molecule has 2 aromatic carbocycles. The van der Waals surface area contributed by atoms with Crippen molar-refractivity contribution >= 4 is 38.9 Å². The van der Waals surface area contributed by atoms with E-state index in [-0.39, 0.29) is 18.1 Å². The fourth-order valence-electron chi connectivity index (χ4n) is 4.57. The van der Waals surface area contributed by atoms with Crippen LogP contribution in [-0.4, -0.2) is 41.4 Å². The van der Waals surface area contributed by atoms with Gasteiger partial charge in [0.1, 0.15) is 11.7 Å².